The first kappa shape index (κ1) is 17.4. The molecular weight excluding hydrogens is 310 g/mol. The summed E-state index contributed by atoms with van der Waals surface area (Å²) in [4.78, 5) is 16.8. The van der Waals surface area contributed by atoms with Gasteiger partial charge in [0.2, 0.25) is 5.91 Å². The third kappa shape index (κ3) is 4.58. The molecule has 4 heteroatoms. The van der Waals surface area contributed by atoms with Gasteiger partial charge in [-0.1, -0.05) is 49.3 Å². The average molecular weight is 335 g/mol. The van der Waals surface area contributed by atoms with E-state index in [0.29, 0.717) is 5.56 Å². The Morgan fingerprint density at radius 2 is 1.80 bits per heavy atom. The highest BCUT2D eigenvalue weighted by atomic mass is 16.2. The number of allylic oxidation sites excluding steroid dienone is 2. The monoisotopic (exact) mass is 335 g/mol. The van der Waals surface area contributed by atoms with Crippen LogP contribution in [0.1, 0.15) is 36.8 Å². The molecule has 0 spiro atoms. The van der Waals surface area contributed by atoms with Crippen molar-refractivity contribution < 1.29 is 4.79 Å². The number of hydrogen-bond donors (Lipinski definition) is 0. The molecular formula is C21H25N3O. The molecule has 2 aliphatic rings. The topological polar surface area (TPSA) is 47.3 Å². The number of nitriles is 1. The molecule has 25 heavy (non-hydrogen) atoms. The summed E-state index contributed by atoms with van der Waals surface area (Å²) in [6.45, 7) is 3.63. The minimum Gasteiger partial charge on any atom is -0.337 e. The summed E-state index contributed by atoms with van der Waals surface area (Å²) in [5.41, 5.74) is 1.51. The Labute approximate surface area is 150 Å². The average Bonchev–Trinajstić information content (AvgIpc) is 3.20. The number of rotatable bonds is 4. The number of amides is 1. The summed E-state index contributed by atoms with van der Waals surface area (Å²) in [6.07, 6.45) is 12.4. The molecule has 1 aromatic carbocycles. The predicted octanol–water partition coefficient (Wildman–Crippen LogP) is 3.21. The molecule has 0 radical (unpaired) electrons. The Morgan fingerprint density at radius 1 is 1.08 bits per heavy atom. The zero-order valence-electron chi connectivity index (χ0n) is 14.6. The molecule has 0 atom stereocenters. The quantitative estimate of drug-likeness (QED) is 0.627. The van der Waals surface area contributed by atoms with Crippen molar-refractivity contribution in [2.24, 2.45) is 0 Å². The van der Waals surface area contributed by atoms with Crippen LogP contribution in [0.2, 0.25) is 0 Å². The van der Waals surface area contributed by atoms with E-state index in [-0.39, 0.29) is 5.91 Å². The second-order valence-electron chi connectivity index (χ2n) is 6.72. The molecule has 130 valence electrons. The van der Waals surface area contributed by atoms with Gasteiger partial charge in [0.15, 0.2) is 0 Å². The second-order valence-corrected chi connectivity index (χ2v) is 6.72. The Kier molecular flexibility index (Phi) is 6.03. The molecule has 1 amide bonds. The molecule has 0 unspecified atom stereocenters. The molecule has 4 nitrogen and oxygen atoms in total. The summed E-state index contributed by atoms with van der Waals surface area (Å²) in [6, 6.07) is 10.4. The summed E-state index contributed by atoms with van der Waals surface area (Å²) in [7, 11) is 0. The van der Waals surface area contributed by atoms with Gasteiger partial charge in [-0.2, -0.15) is 5.26 Å². The lowest BCUT2D eigenvalue weighted by atomic mass is 10.1. The Hall–Kier alpha value is -2.38. The summed E-state index contributed by atoms with van der Waals surface area (Å²) in [5, 5.41) is 9.07. The Morgan fingerprint density at radius 3 is 2.52 bits per heavy atom. The molecule has 0 bridgehead atoms. The minimum atomic E-state index is 0.0734. The fourth-order valence-electron chi connectivity index (χ4n) is 3.72. The fourth-order valence-corrected chi connectivity index (χ4v) is 3.72. The van der Waals surface area contributed by atoms with E-state index < -0.39 is 0 Å². The highest BCUT2D eigenvalue weighted by molar-refractivity contribution is 5.88. The molecule has 1 aliphatic heterocycles. The molecule has 1 aliphatic carbocycles. The van der Waals surface area contributed by atoms with Crippen LogP contribution in [0.5, 0.6) is 0 Å². The van der Waals surface area contributed by atoms with Gasteiger partial charge in [-0.3, -0.25) is 9.69 Å². The third-order valence-electron chi connectivity index (χ3n) is 5.17. The molecule has 3 rings (SSSR count). The SMILES string of the molecule is N#Cc1ccccc1/C=C/C=C/C(=O)N1CCN(C2CCCC2)CC1. The van der Waals surface area contributed by atoms with Crippen molar-refractivity contribution in [2.75, 3.05) is 26.2 Å². The zero-order chi connectivity index (χ0) is 17.5. The maximum atomic E-state index is 12.3. The van der Waals surface area contributed by atoms with Crippen molar-refractivity contribution in [1.82, 2.24) is 9.80 Å². The van der Waals surface area contributed by atoms with Crippen molar-refractivity contribution in [3.63, 3.8) is 0 Å². The van der Waals surface area contributed by atoms with Crippen molar-refractivity contribution in [2.45, 2.75) is 31.7 Å². The van der Waals surface area contributed by atoms with Crippen LogP contribution in [-0.2, 0) is 4.79 Å². The van der Waals surface area contributed by atoms with E-state index in [1.807, 2.05) is 35.3 Å². The van der Waals surface area contributed by atoms with Crippen LogP contribution in [-0.4, -0.2) is 47.9 Å². The van der Waals surface area contributed by atoms with E-state index in [1.54, 1.807) is 18.2 Å². The highest BCUT2D eigenvalue weighted by Crippen LogP contribution is 2.24. The number of benzene rings is 1. The molecule has 0 N–H and O–H groups in total. The molecule has 1 saturated carbocycles. The number of hydrogen-bond acceptors (Lipinski definition) is 3. The zero-order valence-corrected chi connectivity index (χ0v) is 14.6. The standard InChI is InChI=1S/C21H25N3O/c22-17-19-9-2-1-7-18(19)8-3-6-12-21(25)24-15-13-23(14-16-24)20-10-4-5-11-20/h1-3,6-9,12,20H,4-5,10-11,13-16H2/b8-3+,12-6+. The molecule has 2 fully saturated rings. The lowest BCUT2D eigenvalue weighted by Crippen LogP contribution is -2.51. The first-order valence-corrected chi connectivity index (χ1v) is 9.15. The maximum Gasteiger partial charge on any atom is 0.246 e. The van der Waals surface area contributed by atoms with E-state index >= 15 is 0 Å². The molecule has 1 aromatic rings. The van der Waals surface area contributed by atoms with Crippen LogP contribution in [0.15, 0.2) is 42.5 Å². The van der Waals surface area contributed by atoms with Crippen LogP contribution < -0.4 is 0 Å². The maximum absolute atomic E-state index is 12.3. The van der Waals surface area contributed by atoms with Gasteiger partial charge in [0.25, 0.3) is 0 Å². The lowest BCUT2D eigenvalue weighted by molar-refractivity contribution is -0.128. The number of piperazine rings is 1. The van der Waals surface area contributed by atoms with Gasteiger partial charge in [0.05, 0.1) is 11.6 Å². The van der Waals surface area contributed by atoms with Crippen molar-refractivity contribution in [3.05, 3.63) is 53.6 Å². The van der Waals surface area contributed by atoms with Crippen molar-refractivity contribution in [1.29, 1.82) is 5.26 Å². The van der Waals surface area contributed by atoms with Crippen molar-refractivity contribution >= 4 is 12.0 Å². The van der Waals surface area contributed by atoms with Crippen LogP contribution >= 0.6 is 0 Å². The van der Waals surface area contributed by atoms with E-state index in [2.05, 4.69) is 11.0 Å². The summed E-state index contributed by atoms with van der Waals surface area (Å²) < 4.78 is 0. The van der Waals surface area contributed by atoms with E-state index in [9.17, 15) is 4.79 Å². The van der Waals surface area contributed by atoms with Gasteiger partial charge >= 0.3 is 0 Å². The Bertz CT molecular complexity index is 687. The normalized spacial score (nSPS) is 19.7. The molecule has 1 saturated heterocycles. The fraction of sp³-hybridized carbons (Fsp3) is 0.429. The van der Waals surface area contributed by atoms with Crippen LogP contribution in [0.4, 0.5) is 0 Å². The van der Waals surface area contributed by atoms with Gasteiger partial charge in [-0.15, -0.1) is 0 Å². The van der Waals surface area contributed by atoms with E-state index in [1.165, 1.54) is 25.7 Å². The highest BCUT2D eigenvalue weighted by Gasteiger charge is 2.26. The molecule has 0 aromatic heterocycles. The van der Waals surface area contributed by atoms with Gasteiger partial charge in [0, 0.05) is 38.3 Å². The van der Waals surface area contributed by atoms with Gasteiger partial charge in [0.1, 0.15) is 0 Å². The minimum absolute atomic E-state index is 0.0734. The van der Waals surface area contributed by atoms with Crippen molar-refractivity contribution in [3.8, 4) is 6.07 Å². The van der Waals surface area contributed by atoms with Crippen LogP contribution in [0.25, 0.3) is 6.08 Å². The predicted molar refractivity (Wildman–Crippen MR) is 99.7 cm³/mol. The Balaban J connectivity index is 1.48. The second kappa shape index (κ2) is 8.64. The van der Waals surface area contributed by atoms with Gasteiger partial charge in [-0.25, -0.2) is 0 Å². The van der Waals surface area contributed by atoms with E-state index in [4.69, 9.17) is 5.26 Å². The molecule has 1 heterocycles. The first-order chi connectivity index (χ1) is 12.3. The number of carbonyl (C=O) groups excluding carboxylic acids is 1. The van der Waals surface area contributed by atoms with Crippen LogP contribution in [0, 0.1) is 11.3 Å². The smallest absolute Gasteiger partial charge is 0.246 e. The largest absolute Gasteiger partial charge is 0.337 e. The third-order valence-corrected chi connectivity index (χ3v) is 5.17. The lowest BCUT2D eigenvalue weighted by Gasteiger charge is -2.37. The van der Waals surface area contributed by atoms with Crippen LogP contribution in [0.3, 0.4) is 0 Å². The van der Waals surface area contributed by atoms with E-state index in [0.717, 1.165) is 37.8 Å². The van der Waals surface area contributed by atoms with Gasteiger partial charge < -0.3 is 4.90 Å². The number of carbonyl (C=O) groups is 1. The summed E-state index contributed by atoms with van der Waals surface area (Å²) in [5.74, 6) is 0.0734. The van der Waals surface area contributed by atoms with Gasteiger partial charge in [-0.05, 0) is 24.5 Å². The first-order valence-electron chi connectivity index (χ1n) is 9.15. The summed E-state index contributed by atoms with van der Waals surface area (Å²) >= 11 is 0. The number of nitrogens with zero attached hydrogens (tertiary/aromatic N) is 3.